The number of hydroxylamine groups is 1. The maximum Gasteiger partial charge on any atom is 0.417 e. The number of nitrogens with zero attached hydrogens (tertiary/aromatic N) is 1. The second kappa shape index (κ2) is 14.3. The molecular formula is C33H43ClF3N5O7. The Morgan fingerprint density at radius 2 is 1.80 bits per heavy atom. The highest BCUT2D eigenvalue weighted by molar-refractivity contribution is 6.38. The summed E-state index contributed by atoms with van der Waals surface area (Å²) in [5.74, 6) is -4.44. The summed E-state index contributed by atoms with van der Waals surface area (Å²) in [6, 6.07) is 2.84. The number of nitrogens with one attached hydrogen (secondary N) is 4. The van der Waals surface area contributed by atoms with E-state index in [-0.39, 0.29) is 25.4 Å². The first-order valence-corrected chi connectivity index (χ1v) is 16.5. The number of carbonyl (C=O) groups is 5. The Bertz CT molecular complexity index is 1510. The van der Waals surface area contributed by atoms with E-state index in [2.05, 4.69) is 21.4 Å². The Balaban J connectivity index is 1.65. The molecule has 2 fully saturated rings. The molecule has 4 amide bonds. The molecule has 2 aliphatic heterocycles. The molecule has 1 spiro atoms. The number of carbonyl (C=O) groups excluding carboxylic acids is 5. The zero-order valence-corrected chi connectivity index (χ0v) is 28.8. The lowest BCUT2D eigenvalue weighted by atomic mass is 9.85. The van der Waals surface area contributed by atoms with Gasteiger partial charge in [-0.05, 0) is 49.8 Å². The van der Waals surface area contributed by atoms with E-state index >= 15 is 0 Å². The molecule has 1 saturated heterocycles. The SMILES string of the molecule is CCC[C@H](NC(=O)[C@@H]1C[C@]2(C=C(c3cccc(Cl)c3)NO2)CN1C(=O)[C@@H](NC(=O)CC(C)(O)C(F)(F)F)C(C)(C)C)C(=O)C(=O)NC1CC1. The van der Waals surface area contributed by atoms with Gasteiger partial charge in [-0.25, -0.2) is 0 Å². The van der Waals surface area contributed by atoms with E-state index in [9.17, 15) is 42.3 Å². The van der Waals surface area contributed by atoms with Gasteiger partial charge in [0.2, 0.25) is 23.5 Å². The molecule has 0 radical (unpaired) electrons. The molecule has 5 N–H and O–H groups in total. The molecule has 4 rings (SSSR count). The van der Waals surface area contributed by atoms with Gasteiger partial charge in [0.15, 0.2) is 5.60 Å². The molecule has 2 heterocycles. The van der Waals surface area contributed by atoms with Crippen molar-refractivity contribution in [1.29, 1.82) is 0 Å². The summed E-state index contributed by atoms with van der Waals surface area (Å²) in [6.45, 7) is 6.75. The Labute approximate surface area is 287 Å². The summed E-state index contributed by atoms with van der Waals surface area (Å²) in [4.78, 5) is 74.0. The van der Waals surface area contributed by atoms with Crippen LogP contribution in [0.4, 0.5) is 13.2 Å². The van der Waals surface area contributed by atoms with Crippen molar-refractivity contribution in [3.63, 3.8) is 0 Å². The molecule has 1 aliphatic carbocycles. The van der Waals surface area contributed by atoms with Crippen molar-refractivity contribution < 1.29 is 47.1 Å². The zero-order valence-electron chi connectivity index (χ0n) is 28.0. The molecule has 0 bridgehead atoms. The van der Waals surface area contributed by atoms with Gasteiger partial charge < -0.3 is 26.0 Å². The van der Waals surface area contributed by atoms with Gasteiger partial charge >= 0.3 is 6.18 Å². The Kier molecular flexibility index (Phi) is 11.1. The summed E-state index contributed by atoms with van der Waals surface area (Å²) in [7, 11) is 0. The third-order valence-corrected chi connectivity index (χ3v) is 8.96. The van der Waals surface area contributed by atoms with Crippen molar-refractivity contribution in [2.24, 2.45) is 5.41 Å². The minimum Gasteiger partial charge on any atom is -0.380 e. The first-order chi connectivity index (χ1) is 22.7. The number of benzene rings is 1. The van der Waals surface area contributed by atoms with Crippen LogP contribution in [-0.4, -0.2) is 87.5 Å². The van der Waals surface area contributed by atoms with Gasteiger partial charge in [0.1, 0.15) is 17.7 Å². The number of rotatable bonds is 12. The molecule has 1 aromatic rings. The van der Waals surface area contributed by atoms with Crippen LogP contribution in [0.1, 0.15) is 78.7 Å². The molecule has 3 aliphatic rings. The van der Waals surface area contributed by atoms with Crippen molar-refractivity contribution in [3.8, 4) is 0 Å². The second-order valence-electron chi connectivity index (χ2n) is 14.3. The molecule has 5 atom stereocenters. The van der Waals surface area contributed by atoms with Crippen molar-refractivity contribution >= 4 is 46.7 Å². The highest BCUT2D eigenvalue weighted by Crippen LogP contribution is 2.39. The second-order valence-corrected chi connectivity index (χ2v) is 14.7. The van der Waals surface area contributed by atoms with Crippen LogP contribution in [0.15, 0.2) is 30.3 Å². The minimum absolute atomic E-state index is 0.0888. The maximum atomic E-state index is 14.3. The summed E-state index contributed by atoms with van der Waals surface area (Å²) < 4.78 is 40.1. The van der Waals surface area contributed by atoms with Crippen molar-refractivity contribution in [2.75, 3.05) is 6.54 Å². The van der Waals surface area contributed by atoms with E-state index in [1.54, 1.807) is 58.0 Å². The molecule has 1 unspecified atom stereocenters. The predicted octanol–water partition coefficient (Wildman–Crippen LogP) is 2.92. The predicted molar refractivity (Wildman–Crippen MR) is 172 cm³/mol. The highest BCUT2D eigenvalue weighted by atomic mass is 35.5. The molecule has 0 aromatic heterocycles. The summed E-state index contributed by atoms with van der Waals surface area (Å²) >= 11 is 6.17. The number of Topliss-reactive ketones (excluding diaryl/α,β-unsaturated/α-hetero) is 1. The van der Waals surface area contributed by atoms with E-state index in [0.29, 0.717) is 29.6 Å². The van der Waals surface area contributed by atoms with Crippen LogP contribution in [-0.2, 0) is 28.8 Å². The minimum atomic E-state index is -5.11. The molecule has 1 aromatic carbocycles. The average molecular weight is 714 g/mol. The van der Waals surface area contributed by atoms with Gasteiger partial charge in [-0.15, -0.1) is 0 Å². The quantitative estimate of drug-likeness (QED) is 0.206. The van der Waals surface area contributed by atoms with Crippen molar-refractivity contribution in [2.45, 2.75) is 115 Å². The number of hydrogen-bond donors (Lipinski definition) is 5. The summed E-state index contributed by atoms with van der Waals surface area (Å²) in [5, 5.41) is 18.0. The third kappa shape index (κ3) is 9.11. The molecule has 16 heteroatoms. The van der Waals surface area contributed by atoms with E-state index in [4.69, 9.17) is 16.4 Å². The fraction of sp³-hybridized carbons (Fsp3) is 0.606. The molecule has 12 nitrogen and oxygen atoms in total. The van der Waals surface area contributed by atoms with E-state index < -0.39 is 76.8 Å². The molecular weight excluding hydrogens is 671 g/mol. The molecule has 49 heavy (non-hydrogen) atoms. The van der Waals surface area contributed by atoms with Crippen LogP contribution >= 0.6 is 11.6 Å². The summed E-state index contributed by atoms with van der Waals surface area (Å²) in [6.07, 6.45) is -2.81. The first kappa shape index (κ1) is 38.1. The van der Waals surface area contributed by atoms with Crippen molar-refractivity contribution in [1.82, 2.24) is 26.3 Å². The number of likely N-dealkylation sites (tertiary alicyclic amines) is 1. The topological polar surface area (TPSA) is 166 Å². The Morgan fingerprint density at radius 3 is 2.37 bits per heavy atom. The van der Waals surface area contributed by atoms with Gasteiger partial charge in [0.25, 0.3) is 5.91 Å². The average Bonchev–Trinajstić information content (AvgIpc) is 3.58. The van der Waals surface area contributed by atoms with Gasteiger partial charge in [0.05, 0.1) is 24.7 Å². The largest absolute Gasteiger partial charge is 0.417 e. The number of ketones is 1. The van der Waals surface area contributed by atoms with E-state index in [0.717, 1.165) is 17.7 Å². The van der Waals surface area contributed by atoms with Gasteiger partial charge in [-0.3, -0.25) is 34.3 Å². The highest BCUT2D eigenvalue weighted by Gasteiger charge is 2.55. The fourth-order valence-electron chi connectivity index (χ4n) is 5.73. The van der Waals surface area contributed by atoms with E-state index in [1.807, 2.05) is 0 Å². The fourth-order valence-corrected chi connectivity index (χ4v) is 5.92. The number of alkyl halides is 3. The van der Waals surface area contributed by atoms with Crippen LogP contribution < -0.4 is 21.4 Å². The molecule has 1 saturated carbocycles. The van der Waals surface area contributed by atoms with E-state index in [1.165, 1.54) is 0 Å². The van der Waals surface area contributed by atoms with Crippen molar-refractivity contribution in [3.05, 3.63) is 40.9 Å². The Morgan fingerprint density at radius 1 is 1.12 bits per heavy atom. The first-order valence-electron chi connectivity index (χ1n) is 16.1. The number of amides is 4. The third-order valence-electron chi connectivity index (χ3n) is 8.73. The van der Waals surface area contributed by atoms with Crippen LogP contribution in [0.25, 0.3) is 5.70 Å². The van der Waals surface area contributed by atoms with Crippen LogP contribution in [0.3, 0.4) is 0 Å². The zero-order chi connectivity index (χ0) is 36.5. The van der Waals surface area contributed by atoms with Gasteiger partial charge in [-0.2, -0.15) is 13.2 Å². The van der Waals surface area contributed by atoms with Gasteiger partial charge in [-0.1, -0.05) is 57.8 Å². The Hall–Kier alpha value is -3.69. The lowest BCUT2D eigenvalue weighted by molar-refractivity contribution is -0.253. The smallest absolute Gasteiger partial charge is 0.380 e. The lowest BCUT2D eigenvalue weighted by Crippen LogP contribution is -2.59. The molecule has 270 valence electrons. The number of halogens is 4. The maximum absolute atomic E-state index is 14.3. The van der Waals surface area contributed by atoms with Gasteiger partial charge in [0, 0.05) is 23.0 Å². The normalized spacial score (nSPS) is 23.2. The standard InChI is InChI=1S/C33H43ClF3N5O7/c1-6-8-21(25(44)28(46)38-20-11-12-20)39-27(45)23-15-32(14-22(41-49-32)18-9-7-10-19(34)13-18)17-42(23)29(47)26(30(2,3)4)40-24(43)16-31(5,48)33(35,36)37/h7,9-10,13-14,20-21,23,26,41,48H,6,8,11-12,15-17H2,1-5H3,(H,38,46)(H,39,45)(H,40,43)/t21-,23-,26+,31?,32+/m0/s1. The van der Waals surface area contributed by atoms with Crippen LogP contribution in [0.2, 0.25) is 5.02 Å². The van der Waals surface area contributed by atoms with Crippen LogP contribution in [0.5, 0.6) is 0 Å². The number of aliphatic hydroxyl groups is 1. The number of hydrogen-bond acceptors (Lipinski definition) is 8. The monoisotopic (exact) mass is 713 g/mol. The lowest BCUT2D eigenvalue weighted by Gasteiger charge is -2.36. The summed E-state index contributed by atoms with van der Waals surface area (Å²) in [5.41, 5.74) is -1.74. The van der Waals surface area contributed by atoms with Crippen LogP contribution in [0, 0.1) is 5.41 Å².